The molecule has 8 nitrogen and oxygen atoms in total. The van der Waals surface area contributed by atoms with E-state index in [1.807, 2.05) is 50.2 Å². The molecule has 0 fully saturated rings. The number of aromatic amines is 1. The highest BCUT2D eigenvalue weighted by Crippen LogP contribution is 2.24. The van der Waals surface area contributed by atoms with Gasteiger partial charge in [0, 0.05) is 11.8 Å². The molecule has 120 valence electrons. The maximum absolute atomic E-state index is 4.48. The minimum Gasteiger partial charge on any atom is -0.356 e. The van der Waals surface area contributed by atoms with E-state index in [4.69, 9.17) is 0 Å². The Labute approximate surface area is 138 Å². The zero-order valence-electron chi connectivity index (χ0n) is 13.3. The van der Waals surface area contributed by atoms with Gasteiger partial charge in [-0.2, -0.15) is 19.7 Å². The molecule has 0 spiro atoms. The van der Waals surface area contributed by atoms with Crippen molar-refractivity contribution in [2.45, 2.75) is 19.9 Å². The second kappa shape index (κ2) is 5.73. The molecule has 8 heteroatoms. The number of nitrogens with one attached hydrogen (secondary N) is 2. The average molecular weight is 320 g/mol. The van der Waals surface area contributed by atoms with Gasteiger partial charge in [-0.25, -0.2) is 9.97 Å². The first kappa shape index (κ1) is 14.3. The Morgan fingerprint density at radius 3 is 2.71 bits per heavy atom. The van der Waals surface area contributed by atoms with Gasteiger partial charge in [-0.05, 0) is 19.4 Å². The van der Waals surface area contributed by atoms with Gasteiger partial charge < -0.3 is 5.32 Å². The van der Waals surface area contributed by atoms with Crippen LogP contribution in [0.2, 0.25) is 0 Å². The molecule has 1 aromatic carbocycles. The van der Waals surface area contributed by atoms with Crippen LogP contribution in [0.3, 0.4) is 0 Å². The van der Waals surface area contributed by atoms with Crippen LogP contribution in [0.1, 0.15) is 28.9 Å². The van der Waals surface area contributed by atoms with Gasteiger partial charge in [0.1, 0.15) is 24.0 Å². The highest BCUT2D eigenvalue weighted by atomic mass is 15.4. The van der Waals surface area contributed by atoms with Crippen molar-refractivity contribution in [1.82, 2.24) is 34.8 Å². The van der Waals surface area contributed by atoms with Crippen molar-refractivity contribution in [3.63, 3.8) is 0 Å². The van der Waals surface area contributed by atoms with Crippen molar-refractivity contribution >= 4 is 11.6 Å². The molecule has 3 heterocycles. The standard InChI is InChI=1S/C16H16N8/c1-10-8-13(24-16(19-10)17-9-18-24)21-14(12-6-4-3-5-7-12)15-20-11(2)22-23-15/h3-9,14,21H,1-2H3,(H,20,22,23). The summed E-state index contributed by atoms with van der Waals surface area (Å²) in [7, 11) is 0. The van der Waals surface area contributed by atoms with E-state index in [9.17, 15) is 0 Å². The number of hydrogen-bond donors (Lipinski definition) is 2. The SMILES string of the molecule is Cc1cc(NC(c2ccccc2)c2n[nH]c(C)n2)n2ncnc2n1. The Kier molecular flexibility index (Phi) is 3.42. The molecule has 4 rings (SSSR count). The topological polar surface area (TPSA) is 96.7 Å². The molecule has 0 aliphatic rings. The van der Waals surface area contributed by atoms with Crippen LogP contribution in [-0.4, -0.2) is 34.8 Å². The van der Waals surface area contributed by atoms with Crippen LogP contribution in [0, 0.1) is 13.8 Å². The van der Waals surface area contributed by atoms with E-state index in [1.54, 1.807) is 4.52 Å². The molecule has 1 unspecified atom stereocenters. The van der Waals surface area contributed by atoms with Crippen LogP contribution in [-0.2, 0) is 0 Å². The third-order valence-corrected chi connectivity index (χ3v) is 3.68. The number of aryl methyl sites for hydroxylation is 2. The summed E-state index contributed by atoms with van der Waals surface area (Å²) in [6, 6.07) is 11.8. The zero-order chi connectivity index (χ0) is 16.5. The van der Waals surface area contributed by atoms with Gasteiger partial charge in [-0.3, -0.25) is 5.10 Å². The average Bonchev–Trinajstić information content (AvgIpc) is 3.22. The largest absolute Gasteiger partial charge is 0.356 e. The minimum atomic E-state index is -0.217. The zero-order valence-corrected chi connectivity index (χ0v) is 13.3. The lowest BCUT2D eigenvalue weighted by Crippen LogP contribution is -2.17. The Hall–Kier alpha value is -3.29. The van der Waals surface area contributed by atoms with Gasteiger partial charge in [0.2, 0.25) is 0 Å². The molecular weight excluding hydrogens is 304 g/mol. The molecule has 3 aromatic heterocycles. The second-order valence-corrected chi connectivity index (χ2v) is 5.52. The van der Waals surface area contributed by atoms with Gasteiger partial charge in [-0.1, -0.05) is 30.3 Å². The molecule has 0 saturated carbocycles. The number of nitrogens with zero attached hydrogens (tertiary/aromatic N) is 6. The normalized spacial score (nSPS) is 12.4. The Balaban J connectivity index is 1.80. The predicted octanol–water partition coefficient (Wildman–Crippen LogP) is 2.06. The lowest BCUT2D eigenvalue weighted by atomic mass is 10.1. The minimum absolute atomic E-state index is 0.217. The van der Waals surface area contributed by atoms with E-state index in [0.29, 0.717) is 11.6 Å². The van der Waals surface area contributed by atoms with Crippen LogP contribution in [0.25, 0.3) is 5.78 Å². The van der Waals surface area contributed by atoms with E-state index in [-0.39, 0.29) is 6.04 Å². The monoisotopic (exact) mass is 320 g/mol. The first-order valence-corrected chi connectivity index (χ1v) is 7.58. The number of fused-ring (bicyclic) bond motifs is 1. The number of anilines is 1. The third-order valence-electron chi connectivity index (χ3n) is 3.68. The van der Waals surface area contributed by atoms with Crippen molar-refractivity contribution in [3.8, 4) is 0 Å². The summed E-state index contributed by atoms with van der Waals surface area (Å²) >= 11 is 0. The van der Waals surface area contributed by atoms with E-state index < -0.39 is 0 Å². The summed E-state index contributed by atoms with van der Waals surface area (Å²) in [5, 5.41) is 14.9. The number of rotatable bonds is 4. The molecule has 24 heavy (non-hydrogen) atoms. The van der Waals surface area contributed by atoms with Crippen LogP contribution < -0.4 is 5.32 Å². The third kappa shape index (κ3) is 2.58. The molecule has 1 atom stereocenters. The van der Waals surface area contributed by atoms with Gasteiger partial charge in [0.25, 0.3) is 5.78 Å². The number of H-pyrrole nitrogens is 1. The van der Waals surface area contributed by atoms with Crippen molar-refractivity contribution in [2.75, 3.05) is 5.32 Å². The number of hydrogen-bond acceptors (Lipinski definition) is 6. The van der Waals surface area contributed by atoms with Crippen molar-refractivity contribution in [2.24, 2.45) is 0 Å². The molecule has 2 N–H and O–H groups in total. The van der Waals surface area contributed by atoms with Crippen LogP contribution >= 0.6 is 0 Å². The van der Waals surface area contributed by atoms with Gasteiger partial charge in [-0.15, -0.1) is 0 Å². The van der Waals surface area contributed by atoms with Crippen molar-refractivity contribution < 1.29 is 0 Å². The summed E-state index contributed by atoms with van der Waals surface area (Å²) in [4.78, 5) is 13.0. The fourth-order valence-electron chi connectivity index (χ4n) is 2.61. The summed E-state index contributed by atoms with van der Waals surface area (Å²) in [6.45, 7) is 3.80. The Morgan fingerprint density at radius 2 is 1.96 bits per heavy atom. The van der Waals surface area contributed by atoms with Gasteiger partial charge in [0.15, 0.2) is 5.82 Å². The second-order valence-electron chi connectivity index (χ2n) is 5.52. The Morgan fingerprint density at radius 1 is 1.12 bits per heavy atom. The predicted molar refractivity (Wildman–Crippen MR) is 88.5 cm³/mol. The summed E-state index contributed by atoms with van der Waals surface area (Å²) in [5.74, 6) is 2.77. The maximum atomic E-state index is 4.48. The molecule has 4 aromatic rings. The highest BCUT2D eigenvalue weighted by Gasteiger charge is 2.20. The van der Waals surface area contributed by atoms with Crippen LogP contribution in [0.4, 0.5) is 5.82 Å². The molecule has 0 aliphatic heterocycles. The lowest BCUT2D eigenvalue weighted by molar-refractivity contribution is 0.810. The first-order chi connectivity index (χ1) is 11.7. The van der Waals surface area contributed by atoms with Gasteiger partial charge >= 0.3 is 0 Å². The molecule has 0 amide bonds. The maximum Gasteiger partial charge on any atom is 0.254 e. The first-order valence-electron chi connectivity index (χ1n) is 7.58. The number of aromatic nitrogens is 7. The fourth-order valence-corrected chi connectivity index (χ4v) is 2.61. The van der Waals surface area contributed by atoms with E-state index in [2.05, 4.69) is 35.6 Å². The molecular formula is C16H16N8. The highest BCUT2D eigenvalue weighted by molar-refractivity contribution is 5.48. The molecule has 0 saturated heterocycles. The fraction of sp³-hybridized carbons (Fsp3) is 0.188. The number of benzene rings is 1. The summed E-state index contributed by atoms with van der Waals surface area (Å²) in [5.41, 5.74) is 1.91. The smallest absolute Gasteiger partial charge is 0.254 e. The van der Waals surface area contributed by atoms with E-state index in [1.165, 1.54) is 6.33 Å². The van der Waals surface area contributed by atoms with E-state index in [0.717, 1.165) is 22.9 Å². The van der Waals surface area contributed by atoms with Crippen molar-refractivity contribution in [3.05, 3.63) is 65.6 Å². The summed E-state index contributed by atoms with van der Waals surface area (Å²) in [6.07, 6.45) is 1.49. The van der Waals surface area contributed by atoms with E-state index >= 15 is 0 Å². The Bertz CT molecular complexity index is 972. The quantitative estimate of drug-likeness (QED) is 0.597. The molecule has 0 bridgehead atoms. The van der Waals surface area contributed by atoms with Crippen LogP contribution in [0.5, 0.6) is 0 Å². The molecule has 0 radical (unpaired) electrons. The van der Waals surface area contributed by atoms with Crippen molar-refractivity contribution in [1.29, 1.82) is 0 Å². The summed E-state index contributed by atoms with van der Waals surface area (Å²) < 4.78 is 1.67. The van der Waals surface area contributed by atoms with Gasteiger partial charge in [0.05, 0.1) is 0 Å². The lowest BCUT2D eigenvalue weighted by Gasteiger charge is -2.18. The molecule has 0 aliphatic carbocycles. The van der Waals surface area contributed by atoms with Crippen LogP contribution in [0.15, 0.2) is 42.7 Å².